The van der Waals surface area contributed by atoms with E-state index in [9.17, 15) is 14.4 Å². The first-order chi connectivity index (χ1) is 9.60. The molecule has 20 heavy (non-hydrogen) atoms. The van der Waals surface area contributed by atoms with Gasteiger partial charge in [-0.3, -0.25) is 14.4 Å². The van der Waals surface area contributed by atoms with Crippen LogP contribution in [-0.2, 0) is 14.3 Å². The molecular formula is C16H18O4. The van der Waals surface area contributed by atoms with E-state index in [2.05, 4.69) is 0 Å². The van der Waals surface area contributed by atoms with Gasteiger partial charge in [-0.05, 0) is 19.8 Å². The van der Waals surface area contributed by atoms with Crippen molar-refractivity contribution in [2.45, 2.75) is 32.6 Å². The van der Waals surface area contributed by atoms with Gasteiger partial charge in [0.25, 0.3) is 0 Å². The van der Waals surface area contributed by atoms with E-state index in [1.54, 1.807) is 31.2 Å². The van der Waals surface area contributed by atoms with Gasteiger partial charge in [0.2, 0.25) is 0 Å². The third-order valence-electron chi connectivity index (χ3n) is 3.77. The number of Topliss-reactive ketones (excluding diaryl/α,β-unsaturated/α-hetero) is 2. The monoisotopic (exact) mass is 274 g/mol. The van der Waals surface area contributed by atoms with Crippen LogP contribution in [0.4, 0.5) is 0 Å². The Morgan fingerprint density at radius 3 is 2.50 bits per heavy atom. The zero-order chi connectivity index (χ0) is 14.6. The molecular weight excluding hydrogens is 256 g/mol. The van der Waals surface area contributed by atoms with Crippen molar-refractivity contribution in [1.29, 1.82) is 0 Å². The summed E-state index contributed by atoms with van der Waals surface area (Å²) in [5.74, 6) is -0.902. The minimum Gasteiger partial charge on any atom is -0.465 e. The maximum absolute atomic E-state index is 12.3. The standard InChI is InChI=1S/C16H18O4/c1-2-20-15(19)16(10-6-9-14(16)18)11-13(17)12-7-4-3-5-8-12/h3-5,7-8H,2,6,9-11H2,1H3. The second-order valence-electron chi connectivity index (χ2n) is 5.05. The lowest BCUT2D eigenvalue weighted by atomic mass is 9.79. The van der Waals surface area contributed by atoms with Gasteiger partial charge in [-0.25, -0.2) is 0 Å². The minimum absolute atomic E-state index is 0.0886. The van der Waals surface area contributed by atoms with E-state index in [1.807, 2.05) is 6.07 Å². The maximum Gasteiger partial charge on any atom is 0.320 e. The van der Waals surface area contributed by atoms with Crippen LogP contribution in [0.25, 0.3) is 0 Å². The van der Waals surface area contributed by atoms with E-state index < -0.39 is 11.4 Å². The quantitative estimate of drug-likeness (QED) is 0.470. The molecule has 1 aliphatic rings. The normalized spacial score (nSPS) is 21.8. The van der Waals surface area contributed by atoms with Crippen molar-refractivity contribution in [3.63, 3.8) is 0 Å². The lowest BCUT2D eigenvalue weighted by molar-refractivity contribution is -0.158. The van der Waals surface area contributed by atoms with Crippen LogP contribution < -0.4 is 0 Å². The summed E-state index contributed by atoms with van der Waals surface area (Å²) < 4.78 is 5.02. The van der Waals surface area contributed by atoms with Crippen molar-refractivity contribution in [3.05, 3.63) is 35.9 Å². The fourth-order valence-electron chi connectivity index (χ4n) is 2.67. The summed E-state index contributed by atoms with van der Waals surface area (Å²) in [6, 6.07) is 8.74. The summed E-state index contributed by atoms with van der Waals surface area (Å²) in [5.41, 5.74) is -0.737. The number of benzene rings is 1. The van der Waals surface area contributed by atoms with Gasteiger partial charge in [0.15, 0.2) is 11.6 Å². The van der Waals surface area contributed by atoms with Gasteiger partial charge in [0.1, 0.15) is 5.41 Å². The van der Waals surface area contributed by atoms with Gasteiger partial charge in [0.05, 0.1) is 6.61 Å². The summed E-state index contributed by atoms with van der Waals surface area (Å²) in [6.07, 6.45) is 1.30. The zero-order valence-electron chi connectivity index (χ0n) is 11.6. The highest BCUT2D eigenvalue weighted by Gasteiger charge is 2.51. The molecule has 0 N–H and O–H groups in total. The smallest absolute Gasteiger partial charge is 0.320 e. The summed E-state index contributed by atoms with van der Waals surface area (Å²) in [6.45, 7) is 1.91. The van der Waals surface area contributed by atoms with Crippen LogP contribution in [0.15, 0.2) is 30.3 Å². The second-order valence-corrected chi connectivity index (χ2v) is 5.05. The average molecular weight is 274 g/mol. The fourth-order valence-corrected chi connectivity index (χ4v) is 2.67. The summed E-state index contributed by atoms with van der Waals surface area (Å²) in [4.78, 5) is 36.6. The molecule has 4 heteroatoms. The molecule has 1 atom stereocenters. The molecule has 106 valence electrons. The van der Waals surface area contributed by atoms with Crippen LogP contribution in [0.1, 0.15) is 43.0 Å². The van der Waals surface area contributed by atoms with E-state index in [4.69, 9.17) is 4.74 Å². The molecule has 0 aromatic heterocycles. The van der Waals surface area contributed by atoms with Crippen molar-refractivity contribution in [2.75, 3.05) is 6.61 Å². The molecule has 0 amide bonds. The predicted molar refractivity (Wildman–Crippen MR) is 73.3 cm³/mol. The molecule has 4 nitrogen and oxygen atoms in total. The molecule has 0 heterocycles. The molecule has 1 fully saturated rings. The van der Waals surface area contributed by atoms with Crippen molar-refractivity contribution < 1.29 is 19.1 Å². The summed E-state index contributed by atoms with van der Waals surface area (Å²) in [5, 5.41) is 0. The fraction of sp³-hybridized carbons (Fsp3) is 0.438. The Hall–Kier alpha value is -1.97. The van der Waals surface area contributed by atoms with Gasteiger partial charge in [-0.1, -0.05) is 30.3 Å². The van der Waals surface area contributed by atoms with Gasteiger partial charge in [-0.2, -0.15) is 0 Å². The van der Waals surface area contributed by atoms with Gasteiger partial charge < -0.3 is 4.74 Å². The molecule has 1 unspecified atom stereocenters. The SMILES string of the molecule is CCOC(=O)C1(CC(=O)c2ccccc2)CCCC1=O. The molecule has 1 aromatic rings. The maximum atomic E-state index is 12.3. The molecule has 0 spiro atoms. The zero-order valence-corrected chi connectivity index (χ0v) is 11.6. The van der Waals surface area contributed by atoms with E-state index in [0.29, 0.717) is 24.8 Å². The molecule has 0 bridgehead atoms. The van der Waals surface area contributed by atoms with Crippen LogP contribution in [0.3, 0.4) is 0 Å². The largest absolute Gasteiger partial charge is 0.465 e. The van der Waals surface area contributed by atoms with Crippen molar-refractivity contribution in [2.24, 2.45) is 5.41 Å². The molecule has 2 rings (SSSR count). The highest BCUT2D eigenvalue weighted by atomic mass is 16.5. The van der Waals surface area contributed by atoms with Crippen LogP contribution >= 0.6 is 0 Å². The number of hydrogen-bond acceptors (Lipinski definition) is 4. The lowest BCUT2D eigenvalue weighted by Crippen LogP contribution is -2.39. The third-order valence-corrected chi connectivity index (χ3v) is 3.77. The van der Waals surface area contributed by atoms with E-state index in [1.165, 1.54) is 0 Å². The Bertz CT molecular complexity index is 521. The molecule has 1 saturated carbocycles. The first kappa shape index (κ1) is 14.4. The Morgan fingerprint density at radius 1 is 1.25 bits per heavy atom. The van der Waals surface area contributed by atoms with Crippen molar-refractivity contribution in [1.82, 2.24) is 0 Å². The van der Waals surface area contributed by atoms with E-state index in [0.717, 1.165) is 0 Å². The molecule has 1 aliphatic carbocycles. The molecule has 0 saturated heterocycles. The van der Waals surface area contributed by atoms with E-state index >= 15 is 0 Å². The molecule has 0 aliphatic heterocycles. The summed E-state index contributed by atoms with van der Waals surface area (Å²) in [7, 11) is 0. The first-order valence-electron chi connectivity index (χ1n) is 6.89. The van der Waals surface area contributed by atoms with Crippen LogP contribution in [0, 0.1) is 5.41 Å². The number of carbonyl (C=O) groups excluding carboxylic acids is 3. The average Bonchev–Trinajstić information content (AvgIpc) is 2.82. The minimum atomic E-state index is -1.26. The Kier molecular flexibility index (Phi) is 4.32. The second kappa shape index (κ2) is 5.99. The predicted octanol–water partition coefficient (Wildman–Crippen LogP) is 2.56. The van der Waals surface area contributed by atoms with Gasteiger partial charge in [0, 0.05) is 18.4 Å². The number of rotatable bonds is 5. The number of esters is 1. The first-order valence-corrected chi connectivity index (χ1v) is 6.89. The third kappa shape index (κ3) is 2.64. The van der Waals surface area contributed by atoms with Gasteiger partial charge in [-0.15, -0.1) is 0 Å². The van der Waals surface area contributed by atoms with E-state index in [-0.39, 0.29) is 24.6 Å². The van der Waals surface area contributed by atoms with Crippen LogP contribution in [0.5, 0.6) is 0 Å². The van der Waals surface area contributed by atoms with Crippen LogP contribution in [-0.4, -0.2) is 24.1 Å². The lowest BCUT2D eigenvalue weighted by Gasteiger charge is -2.24. The molecule has 0 radical (unpaired) electrons. The number of hydrogen-bond donors (Lipinski definition) is 0. The number of carbonyl (C=O) groups is 3. The van der Waals surface area contributed by atoms with Crippen LogP contribution in [0.2, 0.25) is 0 Å². The Balaban J connectivity index is 2.23. The van der Waals surface area contributed by atoms with Crippen molar-refractivity contribution >= 4 is 17.5 Å². The van der Waals surface area contributed by atoms with Crippen molar-refractivity contribution in [3.8, 4) is 0 Å². The summed E-state index contributed by atoms with van der Waals surface area (Å²) >= 11 is 0. The molecule has 1 aromatic carbocycles. The Labute approximate surface area is 118 Å². The topological polar surface area (TPSA) is 60.4 Å². The highest BCUT2D eigenvalue weighted by Crippen LogP contribution is 2.40. The number of ether oxygens (including phenoxy) is 1. The highest BCUT2D eigenvalue weighted by molar-refractivity contribution is 6.10. The van der Waals surface area contributed by atoms with Gasteiger partial charge >= 0.3 is 5.97 Å². The Morgan fingerprint density at radius 2 is 1.95 bits per heavy atom. The number of ketones is 2.